The quantitative estimate of drug-likeness (QED) is 0.770. The molecule has 1 aliphatic heterocycles. The standard InChI is InChI=1S/C24H30N2O2/c1-16-15-17-9-7-8-10-20(17)26(16)22(28)24(5,6)21(27)25-19-13-11-18(12-14-19)23(2,3)4/h7-14,16H,15H2,1-6H3,(H,25,27). The van der Waals surface area contributed by atoms with Gasteiger partial charge in [-0.05, 0) is 61.9 Å². The van der Waals surface area contributed by atoms with Crippen molar-refractivity contribution in [1.82, 2.24) is 0 Å². The molecule has 1 heterocycles. The zero-order valence-electron chi connectivity index (χ0n) is 17.7. The third-order valence-corrected chi connectivity index (χ3v) is 5.54. The normalized spacial score (nSPS) is 16.6. The van der Waals surface area contributed by atoms with Gasteiger partial charge in [0.05, 0.1) is 0 Å². The molecule has 1 aliphatic rings. The molecule has 0 saturated carbocycles. The zero-order chi connectivity index (χ0) is 20.7. The minimum Gasteiger partial charge on any atom is -0.325 e. The summed E-state index contributed by atoms with van der Waals surface area (Å²) in [6.07, 6.45) is 0.813. The van der Waals surface area contributed by atoms with Crippen molar-refractivity contribution in [3.05, 3.63) is 59.7 Å². The van der Waals surface area contributed by atoms with Crippen molar-refractivity contribution in [1.29, 1.82) is 0 Å². The molecule has 4 nitrogen and oxygen atoms in total. The minimum atomic E-state index is -1.17. The Balaban J connectivity index is 1.78. The maximum Gasteiger partial charge on any atom is 0.242 e. The Morgan fingerprint density at radius 2 is 1.57 bits per heavy atom. The molecule has 1 N–H and O–H groups in total. The van der Waals surface area contributed by atoms with Gasteiger partial charge in [-0.15, -0.1) is 0 Å². The van der Waals surface area contributed by atoms with E-state index < -0.39 is 5.41 Å². The van der Waals surface area contributed by atoms with Gasteiger partial charge in [0.2, 0.25) is 11.8 Å². The molecule has 0 aliphatic carbocycles. The topological polar surface area (TPSA) is 49.4 Å². The number of fused-ring (bicyclic) bond motifs is 1. The van der Waals surface area contributed by atoms with Crippen LogP contribution in [0, 0.1) is 5.41 Å². The van der Waals surface area contributed by atoms with Gasteiger partial charge in [0.15, 0.2) is 0 Å². The van der Waals surface area contributed by atoms with E-state index in [1.165, 1.54) is 5.56 Å². The first-order valence-electron chi connectivity index (χ1n) is 9.85. The van der Waals surface area contributed by atoms with Crippen LogP contribution in [0.3, 0.4) is 0 Å². The predicted molar refractivity (Wildman–Crippen MR) is 115 cm³/mol. The number of amides is 2. The van der Waals surface area contributed by atoms with E-state index in [0.29, 0.717) is 5.69 Å². The van der Waals surface area contributed by atoms with Gasteiger partial charge >= 0.3 is 0 Å². The maximum absolute atomic E-state index is 13.3. The fourth-order valence-corrected chi connectivity index (χ4v) is 3.61. The predicted octanol–water partition coefficient (Wildman–Crippen LogP) is 4.93. The fourth-order valence-electron chi connectivity index (χ4n) is 3.61. The van der Waals surface area contributed by atoms with Crippen molar-refractivity contribution in [3.8, 4) is 0 Å². The van der Waals surface area contributed by atoms with E-state index in [4.69, 9.17) is 0 Å². The number of hydrogen-bond acceptors (Lipinski definition) is 2. The number of nitrogens with zero attached hydrogens (tertiary/aromatic N) is 1. The first-order chi connectivity index (χ1) is 13.0. The number of nitrogens with one attached hydrogen (secondary N) is 1. The Morgan fingerprint density at radius 1 is 0.964 bits per heavy atom. The largest absolute Gasteiger partial charge is 0.325 e. The number of carbonyl (C=O) groups is 2. The summed E-state index contributed by atoms with van der Waals surface area (Å²) >= 11 is 0. The molecule has 2 aromatic rings. The minimum absolute atomic E-state index is 0.0445. The molecule has 2 aromatic carbocycles. The second-order valence-electron chi connectivity index (χ2n) is 9.26. The van der Waals surface area contributed by atoms with Crippen molar-refractivity contribution in [3.63, 3.8) is 0 Å². The Hall–Kier alpha value is -2.62. The molecule has 148 valence electrons. The number of para-hydroxylation sites is 1. The van der Waals surface area contributed by atoms with E-state index in [9.17, 15) is 9.59 Å². The van der Waals surface area contributed by atoms with Gasteiger partial charge in [-0.1, -0.05) is 51.1 Å². The van der Waals surface area contributed by atoms with E-state index in [1.807, 2.05) is 55.5 Å². The Morgan fingerprint density at radius 3 is 2.18 bits per heavy atom. The van der Waals surface area contributed by atoms with Gasteiger partial charge in [0.1, 0.15) is 5.41 Å². The summed E-state index contributed by atoms with van der Waals surface area (Å²) in [6, 6.07) is 15.8. The third-order valence-electron chi connectivity index (χ3n) is 5.54. The average molecular weight is 379 g/mol. The van der Waals surface area contributed by atoms with Crippen molar-refractivity contribution in [2.45, 2.75) is 59.4 Å². The van der Waals surface area contributed by atoms with E-state index in [2.05, 4.69) is 26.1 Å². The van der Waals surface area contributed by atoms with Gasteiger partial charge in [0, 0.05) is 17.4 Å². The van der Waals surface area contributed by atoms with Crippen LogP contribution in [0.2, 0.25) is 0 Å². The number of anilines is 2. The van der Waals surface area contributed by atoms with E-state index in [-0.39, 0.29) is 23.3 Å². The molecule has 4 heteroatoms. The smallest absolute Gasteiger partial charge is 0.242 e. The second kappa shape index (κ2) is 7.08. The fraction of sp³-hybridized carbons (Fsp3) is 0.417. The highest BCUT2D eigenvalue weighted by molar-refractivity contribution is 6.15. The molecule has 0 aromatic heterocycles. The first kappa shape index (κ1) is 20.1. The highest BCUT2D eigenvalue weighted by Gasteiger charge is 2.43. The summed E-state index contributed by atoms with van der Waals surface area (Å²) in [5.74, 6) is -0.466. The summed E-state index contributed by atoms with van der Waals surface area (Å²) < 4.78 is 0. The van der Waals surface area contributed by atoms with Crippen LogP contribution in [-0.2, 0) is 21.4 Å². The van der Waals surface area contributed by atoms with Gasteiger partial charge < -0.3 is 10.2 Å². The lowest BCUT2D eigenvalue weighted by Gasteiger charge is -2.31. The molecule has 0 spiro atoms. The third kappa shape index (κ3) is 3.68. The SMILES string of the molecule is CC1Cc2ccccc2N1C(=O)C(C)(C)C(=O)Nc1ccc(C(C)(C)C)cc1. The van der Waals surface area contributed by atoms with Crippen LogP contribution in [0.5, 0.6) is 0 Å². The highest BCUT2D eigenvalue weighted by Crippen LogP contribution is 2.36. The van der Waals surface area contributed by atoms with Gasteiger partial charge in [-0.25, -0.2) is 0 Å². The zero-order valence-corrected chi connectivity index (χ0v) is 17.7. The molecule has 0 saturated heterocycles. The molecule has 0 fully saturated rings. The number of hydrogen-bond donors (Lipinski definition) is 1. The number of benzene rings is 2. The number of carbonyl (C=O) groups excluding carboxylic acids is 2. The van der Waals surface area contributed by atoms with E-state index in [1.54, 1.807) is 18.7 Å². The van der Waals surface area contributed by atoms with Crippen LogP contribution in [0.4, 0.5) is 11.4 Å². The van der Waals surface area contributed by atoms with Gasteiger partial charge in [-0.3, -0.25) is 9.59 Å². The lowest BCUT2D eigenvalue weighted by atomic mass is 9.87. The van der Waals surface area contributed by atoms with Crippen LogP contribution in [-0.4, -0.2) is 17.9 Å². The van der Waals surface area contributed by atoms with Crippen LogP contribution in [0.15, 0.2) is 48.5 Å². The van der Waals surface area contributed by atoms with Gasteiger partial charge in [0.25, 0.3) is 0 Å². The molecule has 0 bridgehead atoms. The molecule has 3 rings (SSSR count). The van der Waals surface area contributed by atoms with Crippen LogP contribution < -0.4 is 10.2 Å². The summed E-state index contributed by atoms with van der Waals surface area (Å²) in [4.78, 5) is 28.1. The molecule has 28 heavy (non-hydrogen) atoms. The highest BCUT2D eigenvalue weighted by atomic mass is 16.2. The Bertz CT molecular complexity index is 892. The Kier molecular flexibility index (Phi) is 5.09. The molecule has 2 amide bonds. The summed E-state index contributed by atoms with van der Waals surface area (Å²) in [5.41, 5.74) is 2.84. The molecule has 1 unspecified atom stereocenters. The molecular weight excluding hydrogens is 348 g/mol. The van der Waals surface area contributed by atoms with Crippen LogP contribution in [0.1, 0.15) is 52.7 Å². The van der Waals surface area contributed by atoms with E-state index in [0.717, 1.165) is 17.7 Å². The monoisotopic (exact) mass is 378 g/mol. The second-order valence-corrected chi connectivity index (χ2v) is 9.26. The summed E-state index contributed by atoms with van der Waals surface area (Å²) in [6.45, 7) is 11.9. The summed E-state index contributed by atoms with van der Waals surface area (Å²) in [5, 5.41) is 2.92. The number of rotatable bonds is 3. The lowest BCUT2D eigenvalue weighted by Crippen LogP contribution is -2.49. The molecular formula is C24H30N2O2. The van der Waals surface area contributed by atoms with Crippen molar-refractivity contribution in [2.75, 3.05) is 10.2 Å². The first-order valence-corrected chi connectivity index (χ1v) is 9.85. The lowest BCUT2D eigenvalue weighted by molar-refractivity contribution is -0.136. The molecule has 0 radical (unpaired) electrons. The van der Waals surface area contributed by atoms with Crippen LogP contribution >= 0.6 is 0 Å². The maximum atomic E-state index is 13.3. The van der Waals surface area contributed by atoms with Gasteiger partial charge in [-0.2, -0.15) is 0 Å². The van der Waals surface area contributed by atoms with Crippen molar-refractivity contribution >= 4 is 23.2 Å². The van der Waals surface area contributed by atoms with Crippen LogP contribution in [0.25, 0.3) is 0 Å². The summed E-state index contributed by atoms with van der Waals surface area (Å²) in [7, 11) is 0. The Labute approximate surface area is 167 Å². The molecule has 1 atom stereocenters. The average Bonchev–Trinajstić information content (AvgIpc) is 2.96. The van der Waals surface area contributed by atoms with E-state index >= 15 is 0 Å². The van der Waals surface area contributed by atoms with Crippen molar-refractivity contribution < 1.29 is 9.59 Å². The van der Waals surface area contributed by atoms with Crippen molar-refractivity contribution in [2.24, 2.45) is 5.41 Å².